The fourth-order valence-electron chi connectivity index (χ4n) is 1.57. The molecule has 1 aromatic carbocycles. The lowest BCUT2D eigenvalue weighted by Gasteiger charge is -2.13. The van der Waals surface area contributed by atoms with Gasteiger partial charge >= 0.3 is 11.8 Å². The number of hydrogen-bond acceptors (Lipinski definition) is 2. The lowest BCUT2D eigenvalue weighted by molar-refractivity contribution is -0.136. The van der Waals surface area contributed by atoms with Crippen molar-refractivity contribution in [2.24, 2.45) is 0 Å². The van der Waals surface area contributed by atoms with Crippen molar-refractivity contribution in [2.45, 2.75) is 40.2 Å². The highest BCUT2D eigenvalue weighted by molar-refractivity contribution is 6.39. The highest BCUT2D eigenvalue weighted by Gasteiger charge is 2.16. The van der Waals surface area contributed by atoms with E-state index in [1.807, 2.05) is 45.9 Å². The van der Waals surface area contributed by atoms with Gasteiger partial charge in [0.25, 0.3) is 0 Å². The van der Waals surface area contributed by atoms with Gasteiger partial charge in [0.2, 0.25) is 0 Å². The molecule has 4 heteroatoms. The van der Waals surface area contributed by atoms with E-state index in [0.717, 1.165) is 17.5 Å². The maximum Gasteiger partial charge on any atom is 0.313 e. The molecule has 2 N–H and O–H groups in total. The quantitative estimate of drug-likeness (QED) is 0.805. The Bertz CT molecular complexity index is 435. The molecule has 0 fully saturated rings. The van der Waals surface area contributed by atoms with Gasteiger partial charge in [-0.25, -0.2) is 0 Å². The number of anilines is 1. The molecule has 0 aromatic heterocycles. The van der Waals surface area contributed by atoms with Gasteiger partial charge in [-0.05, 0) is 38.3 Å². The molecular weight excluding hydrogens is 228 g/mol. The maximum atomic E-state index is 11.7. The minimum Gasteiger partial charge on any atom is -0.345 e. The summed E-state index contributed by atoms with van der Waals surface area (Å²) in [6.45, 7) is 7.61. The summed E-state index contributed by atoms with van der Waals surface area (Å²) in [5.74, 6) is -1.21. The molecule has 0 aliphatic carbocycles. The van der Waals surface area contributed by atoms with Crippen LogP contribution in [0.3, 0.4) is 0 Å². The number of carbonyl (C=O) groups excluding carboxylic acids is 2. The van der Waals surface area contributed by atoms with Crippen LogP contribution in [0.5, 0.6) is 0 Å². The molecule has 1 rings (SSSR count). The molecule has 1 atom stereocenters. The predicted octanol–water partition coefficient (Wildman–Crippen LogP) is 2.16. The second-order valence-electron chi connectivity index (χ2n) is 4.50. The third kappa shape index (κ3) is 3.58. The van der Waals surface area contributed by atoms with Gasteiger partial charge in [0.1, 0.15) is 0 Å². The van der Waals surface area contributed by atoms with Gasteiger partial charge in [-0.15, -0.1) is 0 Å². The summed E-state index contributed by atoms with van der Waals surface area (Å²) in [5.41, 5.74) is 2.60. The lowest BCUT2D eigenvalue weighted by atomic mass is 10.1. The van der Waals surface area contributed by atoms with E-state index in [1.165, 1.54) is 0 Å². The van der Waals surface area contributed by atoms with Gasteiger partial charge < -0.3 is 10.6 Å². The monoisotopic (exact) mass is 248 g/mol. The first-order chi connectivity index (χ1) is 8.45. The zero-order valence-electron chi connectivity index (χ0n) is 11.3. The third-order valence-electron chi connectivity index (χ3n) is 2.92. The fraction of sp³-hybridized carbons (Fsp3) is 0.429. The molecule has 0 heterocycles. The number of benzene rings is 1. The first kappa shape index (κ1) is 14.2. The molecule has 2 amide bonds. The second-order valence-corrected chi connectivity index (χ2v) is 4.50. The Balaban J connectivity index is 2.73. The zero-order chi connectivity index (χ0) is 13.7. The number of carbonyl (C=O) groups is 2. The van der Waals surface area contributed by atoms with Crippen LogP contribution in [0.25, 0.3) is 0 Å². The molecule has 0 aliphatic rings. The summed E-state index contributed by atoms with van der Waals surface area (Å²) in [7, 11) is 0. The number of aryl methyl sites for hydroxylation is 2. The molecule has 0 bridgehead atoms. The van der Waals surface area contributed by atoms with Crippen molar-refractivity contribution in [3.63, 3.8) is 0 Å². The van der Waals surface area contributed by atoms with Crippen molar-refractivity contribution in [1.82, 2.24) is 5.32 Å². The summed E-state index contributed by atoms with van der Waals surface area (Å²) >= 11 is 0. The van der Waals surface area contributed by atoms with E-state index in [-0.39, 0.29) is 6.04 Å². The minimum absolute atomic E-state index is 0.00113. The van der Waals surface area contributed by atoms with Crippen molar-refractivity contribution in [3.8, 4) is 0 Å². The molecule has 0 radical (unpaired) electrons. The van der Waals surface area contributed by atoms with Crippen LogP contribution in [0.15, 0.2) is 18.2 Å². The summed E-state index contributed by atoms with van der Waals surface area (Å²) in [5, 5.41) is 5.29. The van der Waals surface area contributed by atoms with Crippen molar-refractivity contribution in [2.75, 3.05) is 5.32 Å². The predicted molar refractivity (Wildman–Crippen MR) is 72.4 cm³/mol. The maximum absolute atomic E-state index is 11.7. The van der Waals surface area contributed by atoms with Crippen molar-refractivity contribution in [3.05, 3.63) is 29.3 Å². The molecule has 0 saturated heterocycles. The second kappa shape index (κ2) is 6.19. The smallest absolute Gasteiger partial charge is 0.313 e. The SMILES string of the molecule is CC[C@H](C)NC(=O)C(=O)Nc1c(C)cccc1C. The van der Waals surface area contributed by atoms with Crippen LogP contribution >= 0.6 is 0 Å². The molecule has 0 aliphatic heterocycles. The highest BCUT2D eigenvalue weighted by atomic mass is 16.2. The molecule has 98 valence electrons. The summed E-state index contributed by atoms with van der Waals surface area (Å²) < 4.78 is 0. The summed E-state index contributed by atoms with van der Waals surface area (Å²) in [4.78, 5) is 23.4. The number of hydrogen-bond donors (Lipinski definition) is 2. The molecule has 18 heavy (non-hydrogen) atoms. The van der Waals surface area contributed by atoms with E-state index in [0.29, 0.717) is 5.69 Å². The Kier molecular flexibility index (Phi) is 4.89. The molecule has 0 unspecified atom stereocenters. The van der Waals surface area contributed by atoms with Crippen LogP contribution in [-0.4, -0.2) is 17.9 Å². The van der Waals surface area contributed by atoms with Gasteiger partial charge in [0, 0.05) is 11.7 Å². The van der Waals surface area contributed by atoms with E-state index in [4.69, 9.17) is 0 Å². The topological polar surface area (TPSA) is 58.2 Å². The average molecular weight is 248 g/mol. The zero-order valence-corrected chi connectivity index (χ0v) is 11.3. The number of rotatable bonds is 3. The largest absolute Gasteiger partial charge is 0.345 e. The van der Waals surface area contributed by atoms with Gasteiger partial charge in [-0.3, -0.25) is 9.59 Å². The van der Waals surface area contributed by atoms with Gasteiger partial charge in [0.15, 0.2) is 0 Å². The van der Waals surface area contributed by atoms with Crippen molar-refractivity contribution < 1.29 is 9.59 Å². The van der Waals surface area contributed by atoms with Crippen LogP contribution in [0.1, 0.15) is 31.4 Å². The van der Waals surface area contributed by atoms with E-state index in [2.05, 4.69) is 10.6 Å². The number of amides is 2. The van der Waals surface area contributed by atoms with Gasteiger partial charge in [0.05, 0.1) is 0 Å². The minimum atomic E-state index is -0.618. The molecule has 1 aromatic rings. The van der Waals surface area contributed by atoms with Gasteiger partial charge in [-0.1, -0.05) is 25.1 Å². The fourth-order valence-corrected chi connectivity index (χ4v) is 1.57. The first-order valence-electron chi connectivity index (χ1n) is 6.13. The third-order valence-corrected chi connectivity index (χ3v) is 2.92. The molecular formula is C14H20N2O2. The van der Waals surface area contributed by atoms with Crippen molar-refractivity contribution >= 4 is 17.5 Å². The Morgan fingerprint density at radius 2 is 1.72 bits per heavy atom. The van der Waals surface area contributed by atoms with Crippen LogP contribution in [0.2, 0.25) is 0 Å². The highest BCUT2D eigenvalue weighted by Crippen LogP contribution is 2.19. The Morgan fingerprint density at radius 1 is 1.17 bits per heavy atom. The van der Waals surface area contributed by atoms with E-state index >= 15 is 0 Å². The van der Waals surface area contributed by atoms with E-state index < -0.39 is 11.8 Å². The van der Waals surface area contributed by atoms with Crippen LogP contribution in [0, 0.1) is 13.8 Å². The normalized spacial score (nSPS) is 11.8. The standard InChI is InChI=1S/C14H20N2O2/c1-5-11(4)15-13(17)14(18)16-12-9(2)7-6-8-10(12)3/h6-8,11H,5H2,1-4H3,(H,15,17)(H,16,18)/t11-/m0/s1. The van der Waals surface area contributed by atoms with Crippen LogP contribution in [0.4, 0.5) is 5.69 Å². The Morgan fingerprint density at radius 3 is 2.22 bits per heavy atom. The molecule has 4 nitrogen and oxygen atoms in total. The van der Waals surface area contributed by atoms with E-state index in [9.17, 15) is 9.59 Å². The van der Waals surface area contributed by atoms with E-state index in [1.54, 1.807) is 0 Å². The van der Waals surface area contributed by atoms with Crippen molar-refractivity contribution in [1.29, 1.82) is 0 Å². The van der Waals surface area contributed by atoms with Crippen LogP contribution < -0.4 is 10.6 Å². The summed E-state index contributed by atoms with van der Waals surface area (Å²) in [6.07, 6.45) is 0.794. The molecule has 0 spiro atoms. The van der Waals surface area contributed by atoms with Gasteiger partial charge in [-0.2, -0.15) is 0 Å². The number of para-hydroxylation sites is 1. The molecule has 0 saturated carbocycles. The number of nitrogens with one attached hydrogen (secondary N) is 2. The Labute approximate surface area is 108 Å². The summed E-state index contributed by atoms with van der Waals surface area (Å²) in [6, 6.07) is 5.71. The van der Waals surface area contributed by atoms with Crippen LogP contribution in [-0.2, 0) is 9.59 Å². The lowest BCUT2D eigenvalue weighted by Crippen LogP contribution is -2.40. The first-order valence-corrected chi connectivity index (χ1v) is 6.13. The Hall–Kier alpha value is -1.84. The average Bonchev–Trinajstić information content (AvgIpc) is 2.33.